The van der Waals surface area contributed by atoms with E-state index in [1.807, 2.05) is 12.1 Å². The van der Waals surface area contributed by atoms with Crippen LogP contribution in [-0.4, -0.2) is 42.3 Å². The van der Waals surface area contributed by atoms with Gasteiger partial charge in [0.2, 0.25) is 0 Å². The number of halogens is 1. The monoisotopic (exact) mass is 290 g/mol. The summed E-state index contributed by atoms with van der Waals surface area (Å²) in [6.45, 7) is 9.59. The molecule has 0 saturated heterocycles. The molecule has 0 radical (unpaired) electrons. The van der Waals surface area contributed by atoms with Crippen molar-refractivity contribution in [3.63, 3.8) is 0 Å². The first-order valence-corrected chi connectivity index (χ1v) is 7.65. The van der Waals surface area contributed by atoms with Crippen LogP contribution in [0.5, 0.6) is 0 Å². The summed E-state index contributed by atoms with van der Waals surface area (Å²) in [6, 6.07) is 4.17. The number of nitrogens with zero attached hydrogens (tertiary/aromatic N) is 1. The molecule has 1 rings (SSSR count). The number of likely N-dealkylation sites (N-methyl/N-ethyl adjacent to an activating group) is 1. The summed E-state index contributed by atoms with van der Waals surface area (Å²) in [4.78, 5) is 3.42. The summed E-state index contributed by atoms with van der Waals surface area (Å²) in [7, 11) is 0. The zero-order valence-corrected chi connectivity index (χ0v) is 12.9. The standard InChI is InChI=1S/C13H23ClN2OS/c1-4-16(5-2)9-11(17)8-15-10(3)12-6-7-13(14)18-12/h6-7,10-11,15,17H,4-5,8-9H2,1-3H3. The van der Waals surface area contributed by atoms with E-state index in [0.717, 1.165) is 24.0 Å². The molecule has 1 heterocycles. The lowest BCUT2D eigenvalue weighted by Crippen LogP contribution is -2.38. The largest absolute Gasteiger partial charge is 0.390 e. The van der Waals surface area contributed by atoms with Gasteiger partial charge in [-0.15, -0.1) is 11.3 Å². The summed E-state index contributed by atoms with van der Waals surface area (Å²) in [5.41, 5.74) is 0. The van der Waals surface area contributed by atoms with Crippen molar-refractivity contribution in [2.24, 2.45) is 0 Å². The average molecular weight is 291 g/mol. The first-order valence-electron chi connectivity index (χ1n) is 6.45. The topological polar surface area (TPSA) is 35.5 Å². The molecule has 0 aliphatic rings. The number of rotatable bonds is 8. The van der Waals surface area contributed by atoms with E-state index in [0.29, 0.717) is 6.54 Å². The molecule has 104 valence electrons. The second-order valence-electron chi connectivity index (χ2n) is 4.41. The van der Waals surface area contributed by atoms with Gasteiger partial charge in [0.05, 0.1) is 10.4 Å². The van der Waals surface area contributed by atoms with Crippen molar-refractivity contribution in [2.45, 2.75) is 32.9 Å². The minimum Gasteiger partial charge on any atom is -0.390 e. The maximum atomic E-state index is 9.96. The van der Waals surface area contributed by atoms with E-state index in [4.69, 9.17) is 11.6 Å². The third-order valence-corrected chi connectivity index (χ3v) is 4.46. The Hall–Kier alpha value is -0.130. The van der Waals surface area contributed by atoms with Crippen molar-refractivity contribution in [2.75, 3.05) is 26.2 Å². The van der Waals surface area contributed by atoms with Crippen molar-refractivity contribution in [3.05, 3.63) is 21.3 Å². The normalized spacial score (nSPS) is 15.0. The van der Waals surface area contributed by atoms with Gasteiger partial charge in [0.25, 0.3) is 0 Å². The lowest BCUT2D eigenvalue weighted by Gasteiger charge is -2.23. The van der Waals surface area contributed by atoms with Crippen LogP contribution in [0.3, 0.4) is 0 Å². The molecule has 3 nitrogen and oxygen atoms in total. The Labute approximate surface area is 119 Å². The number of thiophene rings is 1. The van der Waals surface area contributed by atoms with Crippen molar-refractivity contribution >= 4 is 22.9 Å². The lowest BCUT2D eigenvalue weighted by atomic mass is 10.2. The highest BCUT2D eigenvalue weighted by Gasteiger charge is 2.12. The highest BCUT2D eigenvalue weighted by atomic mass is 35.5. The second kappa shape index (κ2) is 8.12. The van der Waals surface area contributed by atoms with Gasteiger partial charge in [-0.2, -0.15) is 0 Å². The zero-order valence-electron chi connectivity index (χ0n) is 11.3. The van der Waals surface area contributed by atoms with Gasteiger partial charge in [0, 0.05) is 24.0 Å². The van der Waals surface area contributed by atoms with Crippen LogP contribution in [0.4, 0.5) is 0 Å². The molecule has 1 aromatic rings. The molecule has 0 aliphatic carbocycles. The fraction of sp³-hybridized carbons (Fsp3) is 0.692. The quantitative estimate of drug-likeness (QED) is 0.773. The molecule has 2 N–H and O–H groups in total. The van der Waals surface area contributed by atoms with Crippen molar-refractivity contribution < 1.29 is 5.11 Å². The van der Waals surface area contributed by atoms with E-state index >= 15 is 0 Å². The SMILES string of the molecule is CCN(CC)CC(O)CNC(C)c1ccc(Cl)s1. The van der Waals surface area contributed by atoms with Crippen LogP contribution in [0.15, 0.2) is 12.1 Å². The first kappa shape index (κ1) is 15.9. The molecule has 0 aromatic carbocycles. The maximum absolute atomic E-state index is 9.96. The zero-order chi connectivity index (χ0) is 13.5. The highest BCUT2D eigenvalue weighted by molar-refractivity contribution is 7.16. The number of nitrogens with one attached hydrogen (secondary N) is 1. The molecule has 0 aliphatic heterocycles. The first-order chi connectivity index (χ1) is 8.56. The van der Waals surface area contributed by atoms with Crippen LogP contribution >= 0.6 is 22.9 Å². The van der Waals surface area contributed by atoms with E-state index in [1.165, 1.54) is 4.88 Å². The van der Waals surface area contributed by atoms with Gasteiger partial charge >= 0.3 is 0 Å². The predicted octanol–water partition coefficient (Wildman–Crippen LogP) is 2.75. The van der Waals surface area contributed by atoms with E-state index < -0.39 is 0 Å². The molecule has 0 fully saturated rings. The second-order valence-corrected chi connectivity index (χ2v) is 6.16. The Balaban J connectivity index is 2.31. The number of aliphatic hydroxyl groups is 1. The fourth-order valence-electron chi connectivity index (χ4n) is 1.82. The van der Waals surface area contributed by atoms with Gasteiger partial charge in [0.15, 0.2) is 0 Å². The number of hydrogen-bond donors (Lipinski definition) is 2. The van der Waals surface area contributed by atoms with Crippen LogP contribution in [0.2, 0.25) is 4.34 Å². The van der Waals surface area contributed by atoms with Gasteiger partial charge in [-0.3, -0.25) is 0 Å². The van der Waals surface area contributed by atoms with Crippen LogP contribution in [0, 0.1) is 0 Å². The van der Waals surface area contributed by atoms with E-state index in [1.54, 1.807) is 11.3 Å². The summed E-state index contributed by atoms with van der Waals surface area (Å²) in [5, 5.41) is 13.3. The van der Waals surface area contributed by atoms with Gasteiger partial charge in [-0.1, -0.05) is 25.4 Å². The molecule has 0 spiro atoms. The molecule has 18 heavy (non-hydrogen) atoms. The van der Waals surface area contributed by atoms with Gasteiger partial charge in [-0.25, -0.2) is 0 Å². The van der Waals surface area contributed by atoms with Crippen molar-refractivity contribution in [3.8, 4) is 0 Å². The molecule has 5 heteroatoms. The molecule has 2 atom stereocenters. The third kappa shape index (κ3) is 5.24. The molecule has 0 bridgehead atoms. The minimum absolute atomic E-state index is 0.230. The fourth-order valence-corrected chi connectivity index (χ4v) is 2.91. The van der Waals surface area contributed by atoms with Crippen molar-refractivity contribution in [1.29, 1.82) is 0 Å². The van der Waals surface area contributed by atoms with Gasteiger partial charge < -0.3 is 15.3 Å². The maximum Gasteiger partial charge on any atom is 0.0931 e. The Morgan fingerprint density at radius 1 is 1.39 bits per heavy atom. The lowest BCUT2D eigenvalue weighted by molar-refractivity contribution is 0.114. The Kier molecular flexibility index (Phi) is 7.19. The summed E-state index contributed by atoms with van der Waals surface area (Å²) in [5.74, 6) is 0. The molecule has 0 amide bonds. The van der Waals surface area contributed by atoms with E-state index in [2.05, 4.69) is 31.0 Å². The third-order valence-electron chi connectivity index (χ3n) is 3.04. The van der Waals surface area contributed by atoms with E-state index in [9.17, 15) is 5.11 Å². The van der Waals surface area contributed by atoms with Crippen LogP contribution in [0.25, 0.3) is 0 Å². The van der Waals surface area contributed by atoms with Crippen LogP contribution < -0.4 is 5.32 Å². The summed E-state index contributed by atoms with van der Waals surface area (Å²) < 4.78 is 0.808. The Morgan fingerprint density at radius 3 is 2.56 bits per heavy atom. The van der Waals surface area contributed by atoms with Gasteiger partial charge in [-0.05, 0) is 32.1 Å². The Bertz CT molecular complexity index is 341. The smallest absolute Gasteiger partial charge is 0.0931 e. The Morgan fingerprint density at radius 2 is 2.06 bits per heavy atom. The summed E-state index contributed by atoms with van der Waals surface area (Å²) >= 11 is 7.49. The van der Waals surface area contributed by atoms with E-state index in [-0.39, 0.29) is 12.1 Å². The van der Waals surface area contributed by atoms with Gasteiger partial charge in [0.1, 0.15) is 0 Å². The molecular weight excluding hydrogens is 268 g/mol. The number of hydrogen-bond acceptors (Lipinski definition) is 4. The summed E-state index contributed by atoms with van der Waals surface area (Å²) in [6.07, 6.45) is -0.331. The van der Waals surface area contributed by atoms with Crippen LogP contribution in [0.1, 0.15) is 31.7 Å². The number of aliphatic hydroxyl groups excluding tert-OH is 1. The average Bonchev–Trinajstić information content (AvgIpc) is 2.79. The van der Waals surface area contributed by atoms with Crippen LogP contribution in [-0.2, 0) is 0 Å². The molecule has 0 saturated carbocycles. The molecule has 1 aromatic heterocycles. The predicted molar refractivity (Wildman–Crippen MR) is 79.5 cm³/mol. The molecule has 2 unspecified atom stereocenters. The highest BCUT2D eigenvalue weighted by Crippen LogP contribution is 2.26. The van der Waals surface area contributed by atoms with Crippen molar-refractivity contribution in [1.82, 2.24) is 10.2 Å². The molecular formula is C13H23ClN2OS. The minimum atomic E-state index is -0.331.